The summed E-state index contributed by atoms with van der Waals surface area (Å²) in [7, 11) is 0. The molecule has 0 amide bonds. The molecular weight excluding hydrogens is 431 g/mol. The summed E-state index contributed by atoms with van der Waals surface area (Å²) in [6, 6.07) is 4.31. The molecule has 0 spiro atoms. The largest absolute Gasteiger partial charge is 0.357 e. The van der Waals surface area contributed by atoms with Crippen molar-refractivity contribution in [3.63, 3.8) is 0 Å². The quantitative estimate of drug-likeness (QED) is 0.351. The molecule has 2 N–H and O–H groups in total. The normalized spacial score (nSPS) is 16.7. The maximum atomic E-state index is 4.75. The predicted molar refractivity (Wildman–Crippen MR) is 117 cm³/mol. The van der Waals surface area contributed by atoms with Gasteiger partial charge in [-0.15, -0.1) is 35.3 Å². The van der Waals surface area contributed by atoms with Crippen LogP contribution in [0.1, 0.15) is 38.0 Å². The topological polar surface area (TPSA) is 39.7 Å². The number of hydrogen-bond acceptors (Lipinski definition) is 3. The number of halogens is 1. The van der Waals surface area contributed by atoms with Gasteiger partial charge >= 0.3 is 0 Å². The van der Waals surface area contributed by atoms with Crippen LogP contribution in [0.3, 0.4) is 0 Å². The first-order chi connectivity index (χ1) is 11.3. The lowest BCUT2D eigenvalue weighted by molar-refractivity contribution is 0.188. The minimum atomic E-state index is 0. The number of nitrogens with zero attached hydrogens (tertiary/aromatic N) is 2. The van der Waals surface area contributed by atoms with Crippen molar-refractivity contribution in [2.24, 2.45) is 10.9 Å². The SMILES string of the molecule is CCNC(=NCCC1CCN(CC)CC1)NCCc1cccs1.I. The number of thiophene rings is 1. The molecule has 1 saturated heterocycles. The van der Waals surface area contributed by atoms with E-state index in [1.807, 2.05) is 11.3 Å². The highest BCUT2D eigenvalue weighted by atomic mass is 127. The molecule has 1 aromatic heterocycles. The van der Waals surface area contributed by atoms with E-state index in [9.17, 15) is 0 Å². The molecule has 1 aromatic rings. The van der Waals surface area contributed by atoms with Crippen LogP contribution in [0.25, 0.3) is 0 Å². The van der Waals surface area contributed by atoms with Crippen LogP contribution >= 0.6 is 35.3 Å². The van der Waals surface area contributed by atoms with Gasteiger partial charge in [0.05, 0.1) is 0 Å². The van der Waals surface area contributed by atoms with Crippen molar-refractivity contribution < 1.29 is 0 Å². The molecule has 2 rings (SSSR count). The summed E-state index contributed by atoms with van der Waals surface area (Å²) in [6.45, 7) is 10.9. The van der Waals surface area contributed by atoms with E-state index in [1.165, 1.54) is 43.8 Å². The summed E-state index contributed by atoms with van der Waals surface area (Å²) >= 11 is 1.82. The number of nitrogens with one attached hydrogen (secondary N) is 2. The third-order valence-corrected chi connectivity index (χ3v) is 5.49. The van der Waals surface area contributed by atoms with Gasteiger partial charge in [0.15, 0.2) is 5.96 Å². The molecule has 1 fully saturated rings. The van der Waals surface area contributed by atoms with E-state index in [1.54, 1.807) is 0 Å². The predicted octanol–water partition coefficient (Wildman–Crippen LogP) is 3.59. The first kappa shape index (κ1) is 21.7. The highest BCUT2D eigenvalue weighted by Gasteiger charge is 2.17. The van der Waals surface area contributed by atoms with Gasteiger partial charge in [-0.3, -0.25) is 4.99 Å². The number of hydrogen-bond donors (Lipinski definition) is 2. The fourth-order valence-electron chi connectivity index (χ4n) is 3.05. The standard InChI is InChI=1S/C18H32N4S.HI/c1-3-19-18(21-12-8-17-6-5-15-23-17)20-11-7-16-9-13-22(4-2)14-10-16;/h5-6,15-16H,3-4,7-14H2,1-2H3,(H2,19,20,21);1H. The molecule has 0 bridgehead atoms. The second-order valence-corrected chi connectivity index (χ2v) is 7.22. The first-order valence-electron chi connectivity index (χ1n) is 9.08. The molecule has 138 valence electrons. The molecule has 6 heteroatoms. The summed E-state index contributed by atoms with van der Waals surface area (Å²) in [4.78, 5) is 8.73. The number of likely N-dealkylation sites (tertiary alicyclic amines) is 1. The van der Waals surface area contributed by atoms with Crippen LogP contribution in [0, 0.1) is 5.92 Å². The van der Waals surface area contributed by atoms with Gasteiger partial charge in [0, 0.05) is 24.5 Å². The monoisotopic (exact) mass is 464 g/mol. The van der Waals surface area contributed by atoms with Gasteiger partial charge in [0.1, 0.15) is 0 Å². The summed E-state index contributed by atoms with van der Waals surface area (Å²) in [6.07, 6.45) is 4.97. The van der Waals surface area contributed by atoms with Gasteiger partial charge in [0.25, 0.3) is 0 Å². The molecule has 0 saturated carbocycles. The van der Waals surface area contributed by atoms with Crippen LogP contribution < -0.4 is 10.6 Å². The van der Waals surface area contributed by atoms with Crippen molar-refractivity contribution in [1.29, 1.82) is 0 Å². The zero-order valence-corrected chi connectivity index (χ0v) is 18.2. The summed E-state index contributed by atoms with van der Waals surface area (Å²) in [5.74, 6) is 1.82. The summed E-state index contributed by atoms with van der Waals surface area (Å²) < 4.78 is 0. The Kier molecular flexibility index (Phi) is 11.7. The van der Waals surface area contributed by atoms with Crippen LogP contribution in [-0.4, -0.2) is 50.1 Å². The Balaban J connectivity index is 0.00000288. The third-order valence-electron chi connectivity index (χ3n) is 4.55. The van der Waals surface area contributed by atoms with Gasteiger partial charge in [-0.05, 0) is 69.6 Å². The smallest absolute Gasteiger partial charge is 0.191 e. The second-order valence-electron chi connectivity index (χ2n) is 6.18. The van der Waals surface area contributed by atoms with E-state index in [2.05, 4.69) is 46.9 Å². The van der Waals surface area contributed by atoms with Gasteiger partial charge < -0.3 is 15.5 Å². The Labute approximate surface area is 168 Å². The van der Waals surface area contributed by atoms with E-state index in [0.29, 0.717) is 0 Å². The molecule has 1 aliphatic rings. The Morgan fingerprint density at radius 1 is 1.29 bits per heavy atom. The van der Waals surface area contributed by atoms with Crippen molar-refractivity contribution in [2.75, 3.05) is 39.3 Å². The Hall–Kier alpha value is -0.340. The Morgan fingerprint density at radius 3 is 2.71 bits per heavy atom. The summed E-state index contributed by atoms with van der Waals surface area (Å²) in [5, 5.41) is 8.94. The maximum Gasteiger partial charge on any atom is 0.191 e. The third kappa shape index (κ3) is 8.16. The van der Waals surface area contributed by atoms with E-state index in [-0.39, 0.29) is 24.0 Å². The van der Waals surface area contributed by atoms with E-state index >= 15 is 0 Å². The number of piperidine rings is 1. The van der Waals surface area contributed by atoms with Crippen molar-refractivity contribution in [1.82, 2.24) is 15.5 Å². The highest BCUT2D eigenvalue weighted by molar-refractivity contribution is 14.0. The Morgan fingerprint density at radius 2 is 2.08 bits per heavy atom. The van der Waals surface area contributed by atoms with Gasteiger partial charge in [-0.25, -0.2) is 0 Å². The van der Waals surface area contributed by atoms with Crippen molar-refractivity contribution >= 4 is 41.3 Å². The number of guanidine groups is 1. The van der Waals surface area contributed by atoms with Crippen LogP contribution in [0.15, 0.2) is 22.5 Å². The van der Waals surface area contributed by atoms with Crippen LogP contribution in [0.2, 0.25) is 0 Å². The number of rotatable bonds is 8. The van der Waals surface area contributed by atoms with Crippen LogP contribution in [-0.2, 0) is 6.42 Å². The second kappa shape index (κ2) is 12.9. The fraction of sp³-hybridized carbons (Fsp3) is 0.722. The van der Waals surface area contributed by atoms with Gasteiger partial charge in [-0.2, -0.15) is 0 Å². The highest BCUT2D eigenvalue weighted by Crippen LogP contribution is 2.20. The molecule has 1 aliphatic heterocycles. The van der Waals surface area contributed by atoms with Crippen LogP contribution in [0.5, 0.6) is 0 Å². The molecule has 0 aromatic carbocycles. The lowest BCUT2D eigenvalue weighted by Crippen LogP contribution is -2.38. The van der Waals surface area contributed by atoms with E-state index in [0.717, 1.165) is 37.9 Å². The van der Waals surface area contributed by atoms with Crippen molar-refractivity contribution in [3.8, 4) is 0 Å². The van der Waals surface area contributed by atoms with Crippen LogP contribution in [0.4, 0.5) is 0 Å². The summed E-state index contributed by atoms with van der Waals surface area (Å²) in [5.41, 5.74) is 0. The molecule has 0 radical (unpaired) electrons. The minimum Gasteiger partial charge on any atom is -0.357 e. The van der Waals surface area contributed by atoms with Gasteiger partial charge in [-0.1, -0.05) is 13.0 Å². The lowest BCUT2D eigenvalue weighted by atomic mass is 9.94. The van der Waals surface area contributed by atoms with E-state index < -0.39 is 0 Å². The zero-order valence-electron chi connectivity index (χ0n) is 15.1. The molecule has 0 atom stereocenters. The molecule has 4 nitrogen and oxygen atoms in total. The molecular formula is C18H33IN4S. The fourth-order valence-corrected chi connectivity index (χ4v) is 3.76. The molecule has 2 heterocycles. The average molecular weight is 464 g/mol. The Bertz CT molecular complexity index is 442. The average Bonchev–Trinajstić information content (AvgIpc) is 3.09. The maximum absolute atomic E-state index is 4.75. The number of aliphatic imine (C=N–C) groups is 1. The zero-order chi connectivity index (χ0) is 16.3. The van der Waals surface area contributed by atoms with Crippen molar-refractivity contribution in [2.45, 2.75) is 39.5 Å². The molecule has 0 unspecified atom stereocenters. The minimum absolute atomic E-state index is 0. The molecule has 0 aliphatic carbocycles. The first-order valence-corrected chi connectivity index (χ1v) is 9.96. The van der Waals surface area contributed by atoms with Gasteiger partial charge in [0.2, 0.25) is 0 Å². The molecule has 24 heavy (non-hydrogen) atoms. The lowest BCUT2D eigenvalue weighted by Gasteiger charge is -2.30. The van der Waals surface area contributed by atoms with E-state index in [4.69, 9.17) is 4.99 Å². The van der Waals surface area contributed by atoms with Crippen molar-refractivity contribution in [3.05, 3.63) is 22.4 Å².